The largest absolute Gasteiger partial charge is 0.444 e. The first kappa shape index (κ1) is 25.7. The van der Waals surface area contributed by atoms with E-state index in [-0.39, 0.29) is 30.4 Å². The van der Waals surface area contributed by atoms with Crippen molar-refractivity contribution in [1.29, 1.82) is 0 Å². The zero-order valence-corrected chi connectivity index (χ0v) is 20.4. The molecule has 0 radical (unpaired) electrons. The second-order valence-corrected chi connectivity index (χ2v) is 9.75. The van der Waals surface area contributed by atoms with Gasteiger partial charge in [0.05, 0.1) is 0 Å². The second kappa shape index (κ2) is 11.3. The molecule has 3 amide bonds. The number of benzene rings is 1. The molecule has 1 aromatic rings. The number of rotatable bonds is 9. The number of alkyl carbamates (subject to hydrolysis) is 1. The van der Waals surface area contributed by atoms with Gasteiger partial charge in [-0.25, -0.2) is 4.79 Å². The highest BCUT2D eigenvalue weighted by molar-refractivity contribution is 5.90. The molecule has 1 aliphatic rings. The summed E-state index contributed by atoms with van der Waals surface area (Å²) in [6.07, 6.45) is 3.89. The first-order valence-corrected chi connectivity index (χ1v) is 11.7. The lowest BCUT2D eigenvalue weighted by atomic mass is 9.88. The maximum atomic E-state index is 13.4. The SMILES string of the molecule is CCCC(C)NC(=O)C(c1ccc(C)cc1)N(C(=O)CNC(=O)OC(C)(C)C)C1CCC1. The molecule has 1 fully saturated rings. The van der Waals surface area contributed by atoms with Gasteiger partial charge in [-0.2, -0.15) is 0 Å². The van der Waals surface area contributed by atoms with Gasteiger partial charge in [-0.1, -0.05) is 43.2 Å². The summed E-state index contributed by atoms with van der Waals surface area (Å²) >= 11 is 0. The summed E-state index contributed by atoms with van der Waals surface area (Å²) in [6, 6.07) is 6.96. The van der Waals surface area contributed by atoms with Crippen molar-refractivity contribution >= 4 is 17.9 Å². The third kappa shape index (κ3) is 7.53. The highest BCUT2D eigenvalue weighted by Crippen LogP contribution is 2.33. The van der Waals surface area contributed by atoms with Crippen molar-refractivity contribution in [3.63, 3.8) is 0 Å². The average molecular weight is 446 g/mol. The van der Waals surface area contributed by atoms with Crippen molar-refractivity contribution < 1.29 is 19.1 Å². The molecule has 178 valence electrons. The molecule has 2 rings (SSSR count). The van der Waals surface area contributed by atoms with E-state index in [4.69, 9.17) is 4.74 Å². The van der Waals surface area contributed by atoms with E-state index in [0.717, 1.165) is 43.2 Å². The van der Waals surface area contributed by atoms with Gasteiger partial charge in [0.25, 0.3) is 0 Å². The lowest BCUT2D eigenvalue weighted by molar-refractivity contribution is -0.145. The Morgan fingerprint density at radius 1 is 1.16 bits per heavy atom. The second-order valence-electron chi connectivity index (χ2n) is 9.75. The van der Waals surface area contributed by atoms with Crippen LogP contribution in [0.5, 0.6) is 0 Å². The summed E-state index contributed by atoms with van der Waals surface area (Å²) in [6.45, 7) is 11.1. The number of carbonyl (C=O) groups excluding carboxylic acids is 3. The van der Waals surface area contributed by atoms with Crippen molar-refractivity contribution in [2.45, 2.75) is 97.4 Å². The van der Waals surface area contributed by atoms with E-state index in [9.17, 15) is 14.4 Å². The van der Waals surface area contributed by atoms with Crippen LogP contribution < -0.4 is 10.6 Å². The van der Waals surface area contributed by atoms with E-state index in [1.807, 2.05) is 38.1 Å². The molecule has 7 heteroatoms. The van der Waals surface area contributed by atoms with Gasteiger partial charge < -0.3 is 20.3 Å². The van der Waals surface area contributed by atoms with Crippen LogP contribution in [0.4, 0.5) is 4.79 Å². The maximum absolute atomic E-state index is 13.4. The fraction of sp³-hybridized carbons (Fsp3) is 0.640. The third-order valence-electron chi connectivity index (χ3n) is 5.57. The molecule has 0 bridgehead atoms. The number of aryl methyl sites for hydroxylation is 1. The van der Waals surface area contributed by atoms with Gasteiger partial charge in [0, 0.05) is 12.1 Å². The van der Waals surface area contributed by atoms with Gasteiger partial charge >= 0.3 is 6.09 Å². The fourth-order valence-electron chi connectivity index (χ4n) is 3.79. The van der Waals surface area contributed by atoms with E-state index < -0.39 is 17.7 Å². The van der Waals surface area contributed by atoms with Crippen molar-refractivity contribution in [2.24, 2.45) is 0 Å². The van der Waals surface area contributed by atoms with Crippen LogP contribution in [-0.4, -0.2) is 47.0 Å². The maximum Gasteiger partial charge on any atom is 0.408 e. The molecular weight excluding hydrogens is 406 g/mol. The standard InChI is InChI=1S/C25H39N3O4/c1-7-9-18(3)27-23(30)22(19-14-12-17(2)13-15-19)28(20-10-8-11-20)21(29)16-26-24(31)32-25(4,5)6/h12-15,18,20,22H,7-11,16H2,1-6H3,(H,26,31)(H,27,30). The Labute approximate surface area is 192 Å². The van der Waals surface area contributed by atoms with Gasteiger partial charge in [0.15, 0.2) is 0 Å². The number of nitrogens with one attached hydrogen (secondary N) is 2. The van der Waals surface area contributed by atoms with Gasteiger partial charge in [-0.3, -0.25) is 9.59 Å². The number of ether oxygens (including phenoxy) is 1. The minimum atomic E-state index is -0.742. The van der Waals surface area contributed by atoms with E-state index in [0.29, 0.717) is 0 Å². The molecule has 1 aliphatic carbocycles. The Bertz CT molecular complexity index is 781. The zero-order valence-electron chi connectivity index (χ0n) is 20.4. The molecule has 1 saturated carbocycles. The average Bonchev–Trinajstić information content (AvgIpc) is 2.64. The Balaban J connectivity index is 2.27. The van der Waals surface area contributed by atoms with Crippen LogP contribution in [0.3, 0.4) is 0 Å². The highest BCUT2D eigenvalue weighted by atomic mass is 16.6. The predicted octanol–water partition coefficient (Wildman–Crippen LogP) is 4.25. The van der Waals surface area contributed by atoms with Crippen LogP contribution in [0.2, 0.25) is 0 Å². The quantitative estimate of drug-likeness (QED) is 0.595. The molecule has 0 spiro atoms. The van der Waals surface area contributed by atoms with Crippen LogP contribution in [0.1, 0.15) is 83.9 Å². The van der Waals surface area contributed by atoms with E-state index in [2.05, 4.69) is 17.6 Å². The van der Waals surface area contributed by atoms with Crippen molar-refractivity contribution in [2.75, 3.05) is 6.54 Å². The third-order valence-corrected chi connectivity index (χ3v) is 5.57. The molecular formula is C25H39N3O4. The molecule has 2 unspecified atom stereocenters. The van der Waals surface area contributed by atoms with Gasteiger partial charge in [-0.05, 0) is 65.9 Å². The number of amides is 3. The van der Waals surface area contributed by atoms with Crippen molar-refractivity contribution in [3.8, 4) is 0 Å². The molecule has 32 heavy (non-hydrogen) atoms. The molecule has 0 saturated heterocycles. The van der Waals surface area contributed by atoms with Gasteiger partial charge in [0.1, 0.15) is 18.2 Å². The normalized spacial score (nSPS) is 15.8. The number of nitrogens with zero attached hydrogens (tertiary/aromatic N) is 1. The van der Waals surface area contributed by atoms with Crippen molar-refractivity contribution in [3.05, 3.63) is 35.4 Å². The Kier molecular flexibility index (Phi) is 9.10. The minimum absolute atomic E-state index is 0.0127. The molecule has 2 atom stereocenters. The van der Waals surface area contributed by atoms with Crippen molar-refractivity contribution in [1.82, 2.24) is 15.5 Å². The number of carbonyl (C=O) groups is 3. The summed E-state index contributed by atoms with van der Waals surface area (Å²) < 4.78 is 5.25. The molecule has 0 heterocycles. The lowest BCUT2D eigenvalue weighted by Crippen LogP contribution is -2.54. The van der Waals surface area contributed by atoms with Crippen LogP contribution in [-0.2, 0) is 14.3 Å². The number of hydrogen-bond donors (Lipinski definition) is 2. The van der Waals surface area contributed by atoms with Gasteiger partial charge in [-0.15, -0.1) is 0 Å². The lowest BCUT2D eigenvalue weighted by Gasteiger charge is -2.42. The topological polar surface area (TPSA) is 87.7 Å². The van der Waals surface area contributed by atoms with Crippen LogP contribution in [0.15, 0.2) is 24.3 Å². The summed E-state index contributed by atoms with van der Waals surface area (Å²) in [5.74, 6) is -0.475. The molecule has 1 aromatic carbocycles. The van der Waals surface area contributed by atoms with E-state index in [1.54, 1.807) is 25.7 Å². The molecule has 0 aromatic heterocycles. The van der Waals surface area contributed by atoms with E-state index >= 15 is 0 Å². The first-order valence-electron chi connectivity index (χ1n) is 11.7. The molecule has 2 N–H and O–H groups in total. The zero-order chi connectivity index (χ0) is 23.9. The Hall–Kier alpha value is -2.57. The molecule has 0 aliphatic heterocycles. The first-order chi connectivity index (χ1) is 15.0. The fourth-order valence-corrected chi connectivity index (χ4v) is 3.79. The predicted molar refractivity (Wildman–Crippen MR) is 125 cm³/mol. The smallest absolute Gasteiger partial charge is 0.408 e. The van der Waals surface area contributed by atoms with Crippen LogP contribution in [0, 0.1) is 6.92 Å². The summed E-state index contributed by atoms with van der Waals surface area (Å²) in [7, 11) is 0. The Morgan fingerprint density at radius 2 is 1.78 bits per heavy atom. The number of hydrogen-bond acceptors (Lipinski definition) is 4. The molecule has 7 nitrogen and oxygen atoms in total. The summed E-state index contributed by atoms with van der Waals surface area (Å²) in [5, 5.41) is 5.64. The highest BCUT2D eigenvalue weighted by Gasteiger charge is 2.39. The minimum Gasteiger partial charge on any atom is -0.444 e. The van der Waals surface area contributed by atoms with Crippen LogP contribution in [0.25, 0.3) is 0 Å². The van der Waals surface area contributed by atoms with E-state index in [1.165, 1.54) is 0 Å². The summed E-state index contributed by atoms with van der Waals surface area (Å²) in [5.41, 5.74) is 1.20. The monoisotopic (exact) mass is 445 g/mol. The van der Waals surface area contributed by atoms with Gasteiger partial charge in [0.2, 0.25) is 11.8 Å². The Morgan fingerprint density at radius 3 is 2.28 bits per heavy atom. The van der Waals surface area contributed by atoms with Crippen LogP contribution >= 0.6 is 0 Å². The summed E-state index contributed by atoms with van der Waals surface area (Å²) in [4.78, 5) is 40.5.